The Hall–Kier alpha value is -3.30. The molecule has 4 aromatic rings. The summed E-state index contributed by atoms with van der Waals surface area (Å²) in [6.07, 6.45) is -3.87. The summed E-state index contributed by atoms with van der Waals surface area (Å²) < 4.78 is 52.4. The molecule has 1 aliphatic rings. The van der Waals surface area contributed by atoms with E-state index in [0.29, 0.717) is 50.8 Å². The van der Waals surface area contributed by atoms with E-state index in [1.807, 2.05) is 54.6 Å². The Labute approximate surface area is 268 Å². The molecule has 0 aliphatic carbocycles. The van der Waals surface area contributed by atoms with Crippen LogP contribution in [0.25, 0.3) is 0 Å². The van der Waals surface area contributed by atoms with Crippen molar-refractivity contribution in [2.75, 3.05) is 50.9 Å². The number of pyridine rings is 1. The lowest BCUT2D eigenvalue weighted by atomic mass is 9.90. The fourth-order valence-electron chi connectivity index (χ4n) is 5.35. The van der Waals surface area contributed by atoms with Crippen LogP contribution in [0.15, 0.2) is 97.1 Å². The molecule has 3 aromatic carbocycles. The van der Waals surface area contributed by atoms with Gasteiger partial charge in [-0.25, -0.2) is 0 Å². The molecule has 1 aliphatic heterocycles. The van der Waals surface area contributed by atoms with Crippen molar-refractivity contribution in [3.8, 4) is 5.88 Å². The van der Waals surface area contributed by atoms with Crippen molar-refractivity contribution < 1.29 is 22.6 Å². The van der Waals surface area contributed by atoms with Crippen molar-refractivity contribution in [3.05, 3.63) is 124 Å². The molecule has 2 heterocycles. The third-order valence-corrected chi connectivity index (χ3v) is 7.98. The minimum Gasteiger partial charge on any atom is -0.478 e. The molecule has 10 heteroatoms. The van der Waals surface area contributed by atoms with Gasteiger partial charge < -0.3 is 14.4 Å². The highest BCUT2D eigenvalue weighted by Gasteiger charge is 2.34. The molecule has 0 radical (unpaired) electrons. The summed E-state index contributed by atoms with van der Waals surface area (Å²) in [6.45, 7) is 4.77. The maximum atomic E-state index is 13.6. The summed E-state index contributed by atoms with van der Waals surface area (Å²) >= 11 is 6.34. The number of alkyl halides is 3. The summed E-state index contributed by atoms with van der Waals surface area (Å²) in [5.41, 5.74) is 1.89. The third-order valence-electron chi connectivity index (χ3n) is 7.54. The molecular formula is C34H36Cl2F3N3O2. The van der Waals surface area contributed by atoms with Gasteiger partial charge in [0.05, 0.1) is 30.4 Å². The second kappa shape index (κ2) is 16.1. The smallest absolute Gasteiger partial charge is 0.417 e. The Morgan fingerprint density at radius 1 is 0.864 bits per heavy atom. The van der Waals surface area contributed by atoms with Crippen molar-refractivity contribution in [3.63, 3.8) is 0 Å². The van der Waals surface area contributed by atoms with Crippen molar-refractivity contribution in [1.82, 2.24) is 9.88 Å². The second-order valence-electron chi connectivity index (χ2n) is 10.5. The zero-order valence-corrected chi connectivity index (χ0v) is 25.8. The maximum absolute atomic E-state index is 13.6. The molecule has 5 rings (SSSR count). The molecule has 5 nitrogen and oxygen atoms in total. The fourth-order valence-corrected chi connectivity index (χ4v) is 5.64. The first kappa shape index (κ1) is 33.6. The summed E-state index contributed by atoms with van der Waals surface area (Å²) in [4.78, 5) is 8.99. The first-order chi connectivity index (χ1) is 20.9. The van der Waals surface area contributed by atoms with E-state index < -0.39 is 11.7 Å². The summed E-state index contributed by atoms with van der Waals surface area (Å²) in [7, 11) is 0. The number of halogens is 5. The van der Waals surface area contributed by atoms with Gasteiger partial charge >= 0.3 is 6.18 Å². The molecule has 0 atom stereocenters. The van der Waals surface area contributed by atoms with Crippen LogP contribution in [0, 0.1) is 0 Å². The Kier molecular flexibility index (Phi) is 12.3. The van der Waals surface area contributed by atoms with Gasteiger partial charge in [0.25, 0.3) is 0 Å². The van der Waals surface area contributed by atoms with Gasteiger partial charge in [-0.1, -0.05) is 90.5 Å². The lowest BCUT2D eigenvalue weighted by molar-refractivity contribution is -0.137. The molecule has 234 valence electrons. The van der Waals surface area contributed by atoms with Crippen LogP contribution in [-0.2, 0) is 17.5 Å². The highest BCUT2D eigenvalue weighted by atomic mass is 35.5. The lowest BCUT2D eigenvalue weighted by Gasteiger charge is -2.29. The van der Waals surface area contributed by atoms with Crippen LogP contribution in [0.3, 0.4) is 0 Å². The van der Waals surface area contributed by atoms with E-state index in [1.54, 1.807) is 6.07 Å². The van der Waals surface area contributed by atoms with Gasteiger partial charge in [-0.15, -0.1) is 12.4 Å². The van der Waals surface area contributed by atoms with Crippen LogP contribution in [0.5, 0.6) is 5.88 Å². The van der Waals surface area contributed by atoms with Gasteiger partial charge in [-0.2, -0.15) is 18.2 Å². The predicted molar refractivity (Wildman–Crippen MR) is 171 cm³/mol. The maximum Gasteiger partial charge on any atom is 0.417 e. The third kappa shape index (κ3) is 9.11. The standard InChI is InChI=1S/C34H35ClF3N3O2.ClH/c35-33-28(14-7-15-30(33)34(36,37)38)24-40(25-29(26-10-3-1-4-11-26)27-12-5-2-6-13-27)18-9-21-43-32-17-8-16-31(39-32)41-19-22-42-23-20-41;/h1-8,10-17,29H,9,18-25H2;1H. The SMILES string of the molecule is Cl.FC(F)(F)c1cccc(CN(CCCOc2cccc(N3CCOCC3)n2)CC(c2ccccc2)c2ccccc2)c1Cl. The Balaban J connectivity index is 0.00000442. The average molecular weight is 647 g/mol. The molecule has 0 unspecified atom stereocenters. The summed E-state index contributed by atoms with van der Waals surface area (Å²) in [6, 6.07) is 30.2. The van der Waals surface area contributed by atoms with E-state index in [1.165, 1.54) is 6.07 Å². The van der Waals surface area contributed by atoms with Crippen LogP contribution in [-0.4, -0.2) is 55.9 Å². The number of anilines is 1. The van der Waals surface area contributed by atoms with Crippen LogP contribution < -0.4 is 9.64 Å². The fraction of sp³-hybridized carbons (Fsp3) is 0.324. The first-order valence-corrected chi connectivity index (χ1v) is 14.9. The molecule has 0 N–H and O–H groups in total. The average Bonchev–Trinajstić information content (AvgIpc) is 3.03. The largest absolute Gasteiger partial charge is 0.478 e. The number of hydrogen-bond donors (Lipinski definition) is 0. The van der Waals surface area contributed by atoms with Gasteiger partial charge in [-0.3, -0.25) is 4.90 Å². The molecule has 1 fully saturated rings. The Bertz CT molecular complexity index is 1400. The van der Waals surface area contributed by atoms with Crippen LogP contribution in [0.2, 0.25) is 5.02 Å². The van der Waals surface area contributed by atoms with E-state index in [9.17, 15) is 13.2 Å². The molecule has 44 heavy (non-hydrogen) atoms. The molecule has 0 amide bonds. The van der Waals surface area contributed by atoms with E-state index in [-0.39, 0.29) is 29.9 Å². The highest BCUT2D eigenvalue weighted by molar-refractivity contribution is 6.32. The van der Waals surface area contributed by atoms with E-state index in [4.69, 9.17) is 21.1 Å². The number of benzene rings is 3. The second-order valence-corrected chi connectivity index (χ2v) is 10.9. The summed E-state index contributed by atoms with van der Waals surface area (Å²) in [5, 5.41) is -0.253. The number of nitrogens with zero attached hydrogens (tertiary/aromatic N) is 3. The lowest BCUT2D eigenvalue weighted by Crippen LogP contribution is -2.36. The number of morpholine rings is 1. The number of rotatable bonds is 12. The van der Waals surface area contributed by atoms with Crippen molar-refractivity contribution in [2.45, 2.75) is 25.1 Å². The number of ether oxygens (including phenoxy) is 2. The molecule has 0 bridgehead atoms. The normalized spacial score (nSPS) is 13.6. The van der Waals surface area contributed by atoms with E-state index in [0.717, 1.165) is 36.1 Å². The quantitative estimate of drug-likeness (QED) is 0.146. The zero-order valence-electron chi connectivity index (χ0n) is 24.3. The van der Waals surface area contributed by atoms with Crippen LogP contribution in [0.4, 0.5) is 19.0 Å². The van der Waals surface area contributed by atoms with Gasteiger partial charge in [0, 0.05) is 44.7 Å². The van der Waals surface area contributed by atoms with Gasteiger partial charge in [0.15, 0.2) is 0 Å². The molecule has 0 spiro atoms. The van der Waals surface area contributed by atoms with E-state index in [2.05, 4.69) is 39.0 Å². The molecule has 1 aromatic heterocycles. The minimum atomic E-state index is -4.52. The van der Waals surface area contributed by atoms with Crippen molar-refractivity contribution in [1.29, 1.82) is 0 Å². The first-order valence-electron chi connectivity index (χ1n) is 14.5. The zero-order chi connectivity index (χ0) is 30.1. The topological polar surface area (TPSA) is 37.8 Å². The van der Waals surface area contributed by atoms with Crippen LogP contribution >= 0.6 is 24.0 Å². The monoisotopic (exact) mass is 645 g/mol. The van der Waals surface area contributed by atoms with E-state index >= 15 is 0 Å². The minimum absolute atomic E-state index is 0. The molecule has 1 saturated heterocycles. The van der Waals surface area contributed by atoms with Crippen molar-refractivity contribution >= 4 is 29.8 Å². The highest BCUT2D eigenvalue weighted by Crippen LogP contribution is 2.37. The number of hydrogen-bond acceptors (Lipinski definition) is 5. The van der Waals surface area contributed by atoms with Gasteiger partial charge in [-0.05, 0) is 35.2 Å². The van der Waals surface area contributed by atoms with Crippen molar-refractivity contribution in [2.24, 2.45) is 0 Å². The summed E-state index contributed by atoms with van der Waals surface area (Å²) in [5.74, 6) is 1.41. The molecule has 0 saturated carbocycles. The predicted octanol–water partition coefficient (Wildman–Crippen LogP) is 8.12. The number of aromatic nitrogens is 1. The Morgan fingerprint density at radius 3 is 2.14 bits per heavy atom. The Morgan fingerprint density at radius 2 is 1.50 bits per heavy atom. The van der Waals surface area contributed by atoms with Gasteiger partial charge in [0.1, 0.15) is 5.82 Å². The van der Waals surface area contributed by atoms with Gasteiger partial charge in [0.2, 0.25) is 5.88 Å². The van der Waals surface area contributed by atoms with Crippen LogP contribution in [0.1, 0.15) is 34.6 Å². The molecular weight excluding hydrogens is 610 g/mol.